The molecule has 1 fully saturated rings. The molecular formula is C17H23NO2. The highest BCUT2D eigenvalue weighted by molar-refractivity contribution is 5.80. The molecule has 1 aliphatic rings. The molecule has 0 unspecified atom stereocenters. The van der Waals surface area contributed by atoms with E-state index < -0.39 is 0 Å². The molecular weight excluding hydrogens is 250 g/mol. The number of furan rings is 1. The van der Waals surface area contributed by atoms with E-state index in [1.165, 1.54) is 30.2 Å². The van der Waals surface area contributed by atoms with Crippen LogP contribution in [0.25, 0.3) is 11.0 Å². The predicted octanol–water partition coefficient (Wildman–Crippen LogP) is 3.47. The Kier molecular flexibility index (Phi) is 4.08. The number of para-hydroxylation sites is 1. The Balaban J connectivity index is 1.62. The first-order valence-electron chi connectivity index (χ1n) is 7.60. The number of benzene rings is 1. The van der Waals surface area contributed by atoms with E-state index in [9.17, 15) is 5.11 Å². The van der Waals surface area contributed by atoms with Gasteiger partial charge in [0.15, 0.2) is 0 Å². The van der Waals surface area contributed by atoms with Gasteiger partial charge < -0.3 is 14.8 Å². The fraction of sp³-hybridized carbons (Fsp3) is 0.529. The number of hydrogen-bond acceptors (Lipinski definition) is 3. The van der Waals surface area contributed by atoms with Gasteiger partial charge in [-0.15, -0.1) is 0 Å². The van der Waals surface area contributed by atoms with Crippen LogP contribution >= 0.6 is 0 Å². The number of nitrogens with one attached hydrogen (secondary N) is 1. The van der Waals surface area contributed by atoms with Crippen LogP contribution in [-0.2, 0) is 6.54 Å². The zero-order chi connectivity index (χ0) is 13.8. The van der Waals surface area contributed by atoms with Crippen molar-refractivity contribution in [3.8, 4) is 0 Å². The molecule has 0 bridgehead atoms. The largest absolute Gasteiger partial charge is 0.464 e. The van der Waals surface area contributed by atoms with E-state index in [0.29, 0.717) is 6.61 Å². The van der Waals surface area contributed by atoms with Gasteiger partial charge in [0.2, 0.25) is 0 Å². The lowest BCUT2D eigenvalue weighted by Gasteiger charge is -2.35. The molecule has 2 aromatic rings. The number of aliphatic hydroxyl groups is 1. The van der Waals surface area contributed by atoms with Crippen LogP contribution in [0.15, 0.2) is 34.9 Å². The van der Waals surface area contributed by atoms with Crippen LogP contribution in [0, 0.1) is 5.41 Å². The van der Waals surface area contributed by atoms with Crippen molar-refractivity contribution in [2.24, 2.45) is 5.41 Å². The smallest absolute Gasteiger partial charge is 0.134 e. The van der Waals surface area contributed by atoms with E-state index in [0.717, 1.165) is 31.5 Å². The van der Waals surface area contributed by atoms with Crippen molar-refractivity contribution in [1.29, 1.82) is 0 Å². The average molecular weight is 273 g/mol. The number of rotatable bonds is 5. The van der Waals surface area contributed by atoms with Crippen LogP contribution < -0.4 is 5.32 Å². The van der Waals surface area contributed by atoms with Crippen LogP contribution in [0.5, 0.6) is 0 Å². The van der Waals surface area contributed by atoms with E-state index in [1.807, 2.05) is 24.5 Å². The molecule has 1 heterocycles. The first-order valence-corrected chi connectivity index (χ1v) is 7.60. The minimum Gasteiger partial charge on any atom is -0.464 e. The SMILES string of the molecule is OCC1(CNCc2coc3ccccc23)CCCCC1. The van der Waals surface area contributed by atoms with Gasteiger partial charge in [0.25, 0.3) is 0 Å². The summed E-state index contributed by atoms with van der Waals surface area (Å²) in [5.74, 6) is 0. The third-order valence-corrected chi connectivity index (χ3v) is 4.63. The van der Waals surface area contributed by atoms with Crippen LogP contribution in [-0.4, -0.2) is 18.3 Å². The van der Waals surface area contributed by atoms with E-state index in [1.54, 1.807) is 0 Å². The summed E-state index contributed by atoms with van der Waals surface area (Å²) in [6.07, 6.45) is 7.93. The van der Waals surface area contributed by atoms with Crippen molar-refractivity contribution >= 4 is 11.0 Å². The van der Waals surface area contributed by atoms with E-state index in [2.05, 4.69) is 11.4 Å². The molecule has 3 heteroatoms. The van der Waals surface area contributed by atoms with Gasteiger partial charge in [0.05, 0.1) is 6.26 Å². The second-order valence-electron chi connectivity index (χ2n) is 6.08. The highest BCUT2D eigenvalue weighted by Crippen LogP contribution is 2.35. The summed E-state index contributed by atoms with van der Waals surface area (Å²) in [6.45, 7) is 1.99. The zero-order valence-electron chi connectivity index (χ0n) is 11.9. The number of fused-ring (bicyclic) bond motifs is 1. The maximum absolute atomic E-state index is 9.71. The summed E-state index contributed by atoms with van der Waals surface area (Å²) in [5.41, 5.74) is 2.24. The average Bonchev–Trinajstić information content (AvgIpc) is 2.92. The Morgan fingerprint density at radius 1 is 1.15 bits per heavy atom. The van der Waals surface area contributed by atoms with E-state index >= 15 is 0 Å². The number of aliphatic hydroxyl groups excluding tert-OH is 1. The Hall–Kier alpha value is -1.32. The second kappa shape index (κ2) is 5.98. The second-order valence-corrected chi connectivity index (χ2v) is 6.08. The Morgan fingerprint density at radius 3 is 2.75 bits per heavy atom. The molecule has 3 nitrogen and oxygen atoms in total. The lowest BCUT2D eigenvalue weighted by Crippen LogP contribution is -2.38. The van der Waals surface area contributed by atoms with Gasteiger partial charge in [-0.2, -0.15) is 0 Å². The molecule has 1 aliphatic carbocycles. The first kappa shape index (κ1) is 13.7. The highest BCUT2D eigenvalue weighted by Gasteiger charge is 2.30. The van der Waals surface area contributed by atoms with Crippen LogP contribution in [0.4, 0.5) is 0 Å². The molecule has 108 valence electrons. The van der Waals surface area contributed by atoms with Crippen LogP contribution in [0.1, 0.15) is 37.7 Å². The number of hydrogen-bond donors (Lipinski definition) is 2. The van der Waals surface area contributed by atoms with Gasteiger partial charge in [-0.05, 0) is 18.9 Å². The van der Waals surface area contributed by atoms with Crippen molar-refractivity contribution in [3.63, 3.8) is 0 Å². The van der Waals surface area contributed by atoms with Gasteiger partial charge in [0.1, 0.15) is 5.58 Å². The van der Waals surface area contributed by atoms with E-state index in [-0.39, 0.29) is 5.41 Å². The van der Waals surface area contributed by atoms with Crippen molar-refractivity contribution in [2.45, 2.75) is 38.6 Å². The van der Waals surface area contributed by atoms with E-state index in [4.69, 9.17) is 4.42 Å². The summed E-state index contributed by atoms with van der Waals surface area (Å²) >= 11 is 0. The van der Waals surface area contributed by atoms with Crippen LogP contribution in [0.2, 0.25) is 0 Å². The minimum atomic E-state index is 0.0950. The molecule has 0 amide bonds. The fourth-order valence-corrected chi connectivity index (χ4v) is 3.32. The lowest BCUT2D eigenvalue weighted by molar-refractivity contribution is 0.0811. The molecule has 2 N–H and O–H groups in total. The molecule has 1 aromatic carbocycles. The third kappa shape index (κ3) is 2.74. The first-order chi connectivity index (χ1) is 9.83. The summed E-state index contributed by atoms with van der Waals surface area (Å²) in [4.78, 5) is 0. The molecule has 0 aliphatic heterocycles. The quantitative estimate of drug-likeness (QED) is 0.877. The fourth-order valence-electron chi connectivity index (χ4n) is 3.32. The van der Waals surface area contributed by atoms with Crippen molar-refractivity contribution in [1.82, 2.24) is 5.32 Å². The minimum absolute atomic E-state index is 0.0950. The summed E-state index contributed by atoms with van der Waals surface area (Å²) in [6, 6.07) is 8.12. The summed E-state index contributed by atoms with van der Waals surface area (Å²) < 4.78 is 5.55. The molecule has 3 rings (SSSR count). The normalized spacial score (nSPS) is 18.4. The molecule has 0 atom stereocenters. The zero-order valence-corrected chi connectivity index (χ0v) is 11.9. The standard InChI is InChI=1S/C17H23NO2/c19-13-17(8-4-1-5-9-17)12-18-10-14-11-20-16-7-3-2-6-15(14)16/h2-3,6-7,11,18-19H,1,4-5,8-10,12-13H2. The molecule has 20 heavy (non-hydrogen) atoms. The lowest BCUT2D eigenvalue weighted by atomic mass is 9.74. The highest BCUT2D eigenvalue weighted by atomic mass is 16.3. The maximum Gasteiger partial charge on any atom is 0.134 e. The Morgan fingerprint density at radius 2 is 1.95 bits per heavy atom. The van der Waals surface area contributed by atoms with Crippen molar-refractivity contribution < 1.29 is 9.52 Å². The van der Waals surface area contributed by atoms with Gasteiger partial charge in [0, 0.05) is 36.1 Å². The third-order valence-electron chi connectivity index (χ3n) is 4.63. The summed E-state index contributed by atoms with van der Waals surface area (Å²) in [7, 11) is 0. The van der Waals surface area contributed by atoms with Gasteiger partial charge in [-0.25, -0.2) is 0 Å². The summed E-state index contributed by atoms with van der Waals surface area (Å²) in [5, 5.41) is 14.4. The monoisotopic (exact) mass is 273 g/mol. The molecule has 0 spiro atoms. The van der Waals surface area contributed by atoms with Crippen molar-refractivity contribution in [2.75, 3.05) is 13.2 Å². The molecule has 0 saturated heterocycles. The van der Waals surface area contributed by atoms with Crippen LogP contribution in [0.3, 0.4) is 0 Å². The molecule has 1 aromatic heterocycles. The van der Waals surface area contributed by atoms with Gasteiger partial charge in [-0.1, -0.05) is 37.5 Å². The predicted molar refractivity (Wildman–Crippen MR) is 80.5 cm³/mol. The van der Waals surface area contributed by atoms with Crippen molar-refractivity contribution in [3.05, 3.63) is 36.1 Å². The Bertz CT molecular complexity index is 555. The van der Waals surface area contributed by atoms with Gasteiger partial charge in [-0.3, -0.25) is 0 Å². The Labute approximate surface area is 120 Å². The molecule has 1 saturated carbocycles. The topological polar surface area (TPSA) is 45.4 Å². The molecule has 0 radical (unpaired) electrons. The van der Waals surface area contributed by atoms with Gasteiger partial charge >= 0.3 is 0 Å². The maximum atomic E-state index is 9.71.